The van der Waals surface area contributed by atoms with Gasteiger partial charge in [-0.3, -0.25) is 9.69 Å². The van der Waals surface area contributed by atoms with Crippen LogP contribution in [0.25, 0.3) is 0 Å². The number of amides is 1. The fourth-order valence-corrected chi connectivity index (χ4v) is 2.58. The van der Waals surface area contributed by atoms with Crippen LogP contribution in [0.1, 0.15) is 18.5 Å². The van der Waals surface area contributed by atoms with Crippen molar-refractivity contribution >= 4 is 5.91 Å². The molecule has 1 saturated heterocycles. The van der Waals surface area contributed by atoms with E-state index in [1.165, 1.54) is 5.56 Å². The second-order valence-corrected chi connectivity index (χ2v) is 5.07. The molecule has 0 aliphatic carbocycles. The third-order valence-electron chi connectivity index (χ3n) is 3.99. The molecule has 0 bridgehead atoms. The van der Waals surface area contributed by atoms with E-state index in [-0.39, 0.29) is 12.5 Å². The van der Waals surface area contributed by atoms with Crippen LogP contribution < -0.4 is 10.5 Å². The molecule has 1 amide bonds. The third kappa shape index (κ3) is 3.29. The van der Waals surface area contributed by atoms with Gasteiger partial charge in [0.25, 0.3) is 0 Å². The molecule has 5 heteroatoms. The summed E-state index contributed by atoms with van der Waals surface area (Å²) in [6.45, 7) is 5.60. The Hall–Kier alpha value is -1.59. The van der Waals surface area contributed by atoms with Gasteiger partial charge in [-0.1, -0.05) is 12.1 Å². The molecule has 2 N–H and O–H groups in total. The first-order chi connectivity index (χ1) is 9.65. The maximum atomic E-state index is 11.6. The average molecular weight is 277 g/mol. The normalized spacial score (nSPS) is 17.9. The molecule has 1 atom stereocenters. The van der Waals surface area contributed by atoms with Crippen LogP contribution in [-0.4, -0.2) is 55.5 Å². The first kappa shape index (κ1) is 14.8. The minimum atomic E-state index is 0.0433. The Morgan fingerprint density at radius 1 is 1.25 bits per heavy atom. The minimum absolute atomic E-state index is 0.0433. The molecule has 1 aromatic carbocycles. The van der Waals surface area contributed by atoms with Gasteiger partial charge in [0.1, 0.15) is 5.75 Å². The Bertz CT molecular complexity index is 439. The summed E-state index contributed by atoms with van der Waals surface area (Å²) < 4.78 is 5.18. The molecule has 1 heterocycles. The van der Waals surface area contributed by atoms with Crippen molar-refractivity contribution in [3.05, 3.63) is 29.8 Å². The van der Waals surface area contributed by atoms with Gasteiger partial charge in [0.15, 0.2) is 0 Å². The topological polar surface area (TPSA) is 58.8 Å². The van der Waals surface area contributed by atoms with Gasteiger partial charge in [0.05, 0.1) is 13.7 Å². The molecule has 20 heavy (non-hydrogen) atoms. The number of ether oxygens (including phenoxy) is 1. The van der Waals surface area contributed by atoms with Gasteiger partial charge in [-0.25, -0.2) is 0 Å². The summed E-state index contributed by atoms with van der Waals surface area (Å²) in [5.41, 5.74) is 6.67. The summed E-state index contributed by atoms with van der Waals surface area (Å²) in [4.78, 5) is 15.8. The maximum Gasteiger partial charge on any atom is 0.236 e. The fraction of sp³-hybridized carbons (Fsp3) is 0.533. The number of nitrogens with two attached hydrogens (primary N) is 1. The molecule has 2 rings (SSSR count). The quantitative estimate of drug-likeness (QED) is 0.887. The van der Waals surface area contributed by atoms with Crippen LogP contribution in [0.2, 0.25) is 0 Å². The van der Waals surface area contributed by atoms with E-state index < -0.39 is 0 Å². The molecule has 1 unspecified atom stereocenters. The molecular weight excluding hydrogens is 254 g/mol. The number of benzene rings is 1. The first-order valence-corrected chi connectivity index (χ1v) is 7.01. The van der Waals surface area contributed by atoms with E-state index in [0.717, 1.165) is 31.9 Å². The molecule has 1 fully saturated rings. The summed E-state index contributed by atoms with van der Waals surface area (Å²) >= 11 is 0. The predicted molar refractivity (Wildman–Crippen MR) is 78.6 cm³/mol. The van der Waals surface area contributed by atoms with Gasteiger partial charge in [-0.15, -0.1) is 0 Å². The number of carbonyl (C=O) groups excluding carboxylic acids is 1. The van der Waals surface area contributed by atoms with Crippen molar-refractivity contribution in [3.63, 3.8) is 0 Å². The molecule has 1 aliphatic heterocycles. The monoisotopic (exact) mass is 277 g/mol. The highest BCUT2D eigenvalue weighted by Crippen LogP contribution is 2.23. The Labute approximate surface area is 120 Å². The summed E-state index contributed by atoms with van der Waals surface area (Å²) in [6.07, 6.45) is 0. The largest absolute Gasteiger partial charge is 0.497 e. The van der Waals surface area contributed by atoms with Crippen LogP contribution in [0.15, 0.2) is 24.3 Å². The maximum absolute atomic E-state index is 11.6. The summed E-state index contributed by atoms with van der Waals surface area (Å²) in [5, 5.41) is 0. The zero-order valence-electron chi connectivity index (χ0n) is 12.2. The van der Waals surface area contributed by atoms with Crippen molar-refractivity contribution in [1.29, 1.82) is 0 Å². The highest BCUT2D eigenvalue weighted by Gasteiger charge is 2.23. The number of piperazine rings is 1. The van der Waals surface area contributed by atoms with E-state index in [9.17, 15) is 4.79 Å². The van der Waals surface area contributed by atoms with E-state index in [1.54, 1.807) is 7.11 Å². The first-order valence-electron chi connectivity index (χ1n) is 7.01. The van der Waals surface area contributed by atoms with Crippen LogP contribution in [0.3, 0.4) is 0 Å². The lowest BCUT2D eigenvalue weighted by Gasteiger charge is -2.38. The molecule has 0 aromatic heterocycles. The van der Waals surface area contributed by atoms with Crippen LogP contribution >= 0.6 is 0 Å². The molecular formula is C15H23N3O2. The molecule has 1 aliphatic rings. The van der Waals surface area contributed by atoms with E-state index in [1.807, 2.05) is 17.0 Å². The van der Waals surface area contributed by atoms with Gasteiger partial charge < -0.3 is 15.4 Å². The Morgan fingerprint density at radius 3 is 2.35 bits per heavy atom. The highest BCUT2D eigenvalue weighted by molar-refractivity contribution is 5.78. The van der Waals surface area contributed by atoms with Crippen LogP contribution in [0, 0.1) is 0 Å². The van der Waals surface area contributed by atoms with Crippen molar-refractivity contribution in [1.82, 2.24) is 9.80 Å². The zero-order chi connectivity index (χ0) is 14.5. The molecule has 0 spiro atoms. The number of hydrogen-bond acceptors (Lipinski definition) is 4. The molecule has 0 radical (unpaired) electrons. The van der Waals surface area contributed by atoms with Gasteiger partial charge in [0, 0.05) is 32.2 Å². The average Bonchev–Trinajstić information content (AvgIpc) is 2.53. The summed E-state index contributed by atoms with van der Waals surface area (Å²) in [5.74, 6) is 0.918. The Balaban J connectivity index is 1.93. The zero-order valence-corrected chi connectivity index (χ0v) is 12.2. The second kappa shape index (κ2) is 6.72. The van der Waals surface area contributed by atoms with Gasteiger partial charge in [-0.2, -0.15) is 0 Å². The predicted octanol–water partition coefficient (Wildman–Crippen LogP) is 0.859. The third-order valence-corrected chi connectivity index (χ3v) is 3.99. The van der Waals surface area contributed by atoms with E-state index in [0.29, 0.717) is 6.04 Å². The number of methoxy groups -OCH3 is 1. The van der Waals surface area contributed by atoms with Crippen LogP contribution in [0.4, 0.5) is 0 Å². The van der Waals surface area contributed by atoms with Crippen LogP contribution in [0.5, 0.6) is 5.75 Å². The molecule has 110 valence electrons. The number of hydrogen-bond donors (Lipinski definition) is 1. The summed E-state index contributed by atoms with van der Waals surface area (Å²) in [6, 6.07) is 8.51. The van der Waals surface area contributed by atoms with Crippen molar-refractivity contribution < 1.29 is 9.53 Å². The van der Waals surface area contributed by atoms with E-state index in [4.69, 9.17) is 10.5 Å². The van der Waals surface area contributed by atoms with Crippen LogP contribution in [-0.2, 0) is 4.79 Å². The Kier molecular flexibility index (Phi) is 4.98. The molecule has 5 nitrogen and oxygen atoms in total. The SMILES string of the molecule is COc1ccc(C(C)N2CCN(C(=O)CN)CC2)cc1. The molecule has 0 saturated carbocycles. The Morgan fingerprint density at radius 2 is 1.85 bits per heavy atom. The van der Waals surface area contributed by atoms with Gasteiger partial charge >= 0.3 is 0 Å². The lowest BCUT2D eigenvalue weighted by atomic mass is 10.1. The standard InChI is InChI=1S/C15H23N3O2/c1-12(13-3-5-14(20-2)6-4-13)17-7-9-18(10-8-17)15(19)11-16/h3-6,12H,7-11,16H2,1-2H3. The fourth-order valence-electron chi connectivity index (χ4n) is 2.58. The second-order valence-electron chi connectivity index (χ2n) is 5.07. The molecule has 1 aromatic rings. The van der Waals surface area contributed by atoms with Gasteiger partial charge in [0.2, 0.25) is 5.91 Å². The van der Waals surface area contributed by atoms with Crippen molar-refractivity contribution in [2.75, 3.05) is 39.8 Å². The number of nitrogens with zero attached hydrogens (tertiary/aromatic N) is 2. The van der Waals surface area contributed by atoms with Crippen molar-refractivity contribution in [2.24, 2.45) is 5.73 Å². The van der Waals surface area contributed by atoms with Gasteiger partial charge in [-0.05, 0) is 24.6 Å². The lowest BCUT2D eigenvalue weighted by Crippen LogP contribution is -2.50. The smallest absolute Gasteiger partial charge is 0.236 e. The van der Waals surface area contributed by atoms with Crippen molar-refractivity contribution in [2.45, 2.75) is 13.0 Å². The lowest BCUT2D eigenvalue weighted by molar-refractivity contribution is -0.131. The minimum Gasteiger partial charge on any atom is -0.497 e. The van der Waals surface area contributed by atoms with E-state index >= 15 is 0 Å². The number of carbonyl (C=O) groups is 1. The highest BCUT2D eigenvalue weighted by atomic mass is 16.5. The van der Waals surface area contributed by atoms with Crippen molar-refractivity contribution in [3.8, 4) is 5.75 Å². The van der Waals surface area contributed by atoms with E-state index in [2.05, 4.69) is 24.0 Å². The summed E-state index contributed by atoms with van der Waals surface area (Å²) in [7, 11) is 1.67. The number of rotatable bonds is 4.